The molecule has 3 aromatic rings. The molecule has 2 amide bonds. The van der Waals surface area contributed by atoms with Gasteiger partial charge < -0.3 is 0 Å². The van der Waals surface area contributed by atoms with Gasteiger partial charge >= 0.3 is 12.2 Å². The monoisotopic (exact) mass is 554 g/mol. The molecule has 3 aromatic carbocycles. The smallest absolute Gasteiger partial charge is 0.282 e. The Bertz CT molecular complexity index is 1410. The maximum absolute atomic E-state index is 12.9. The van der Waals surface area contributed by atoms with Gasteiger partial charge in [-0.1, -0.05) is 29.3 Å². The number of hydrogen-bond donors (Lipinski definition) is 2. The average Bonchev–Trinajstić information content (AvgIpc) is 2.82. The minimum absolute atomic E-state index is 0.0405. The molecule has 0 heterocycles. The van der Waals surface area contributed by atoms with Crippen molar-refractivity contribution in [3.05, 3.63) is 88.4 Å². The molecule has 12 heteroatoms. The molecule has 3 rings (SSSR count). The molecule has 0 fully saturated rings. The second-order valence-electron chi connectivity index (χ2n) is 8.11. The first-order valence-electron chi connectivity index (χ1n) is 10.7. The first-order valence-corrected chi connectivity index (χ1v) is 12.5. The minimum atomic E-state index is -4.57. The summed E-state index contributed by atoms with van der Waals surface area (Å²) >= 11 is 5.75. The minimum Gasteiger partial charge on any atom is -0.282 e. The summed E-state index contributed by atoms with van der Waals surface area (Å²) in [5, 5.41) is 11.2. The summed E-state index contributed by atoms with van der Waals surface area (Å²) in [6.07, 6.45) is -4.57. The standard InChI is InChI=1S/C18H15ClF3N3O.C7H8O3S/c1-3-25(2,16-6-4-12(11-23)5-7-16)17(26)24-15-9-13(18(20,21)22)8-14(19)10-15;1-6-2-4-7(5-3-6)11(8,9)10/h4-10H,3H2,1-2H3;2-5H,1H3,(H,8,9,10)/p+1. The normalized spacial score (nSPS) is 12.9. The Hall–Kier alpha value is -3.43. The summed E-state index contributed by atoms with van der Waals surface area (Å²) in [6.45, 7) is 3.97. The lowest BCUT2D eigenvalue weighted by atomic mass is 10.2. The third kappa shape index (κ3) is 8.03. The molecule has 0 spiro atoms. The highest BCUT2D eigenvalue weighted by Crippen LogP contribution is 2.33. The molecule has 37 heavy (non-hydrogen) atoms. The molecule has 1 atom stereocenters. The zero-order valence-corrected chi connectivity index (χ0v) is 21.6. The molecule has 0 radical (unpaired) electrons. The number of nitrogens with one attached hydrogen (secondary N) is 1. The predicted octanol–water partition coefficient (Wildman–Crippen LogP) is 6.66. The lowest BCUT2D eigenvalue weighted by molar-refractivity contribution is -0.137. The molecule has 0 bridgehead atoms. The molecule has 0 aliphatic carbocycles. The van der Waals surface area contributed by atoms with Crippen LogP contribution in [0.4, 0.5) is 29.3 Å². The van der Waals surface area contributed by atoms with E-state index in [-0.39, 0.29) is 20.1 Å². The molecular weight excluding hydrogens is 531 g/mol. The molecule has 0 saturated carbocycles. The van der Waals surface area contributed by atoms with Crippen molar-refractivity contribution in [1.29, 1.82) is 5.26 Å². The lowest BCUT2D eigenvalue weighted by Gasteiger charge is -2.29. The van der Waals surface area contributed by atoms with Gasteiger partial charge in [-0.2, -0.15) is 26.9 Å². The van der Waals surface area contributed by atoms with Crippen LogP contribution in [0.15, 0.2) is 71.6 Å². The number of hydrogen-bond acceptors (Lipinski definition) is 4. The first kappa shape index (κ1) is 29.8. The van der Waals surface area contributed by atoms with Gasteiger partial charge in [0.2, 0.25) is 0 Å². The summed E-state index contributed by atoms with van der Waals surface area (Å²) in [6, 6.07) is 16.8. The first-order chi connectivity index (χ1) is 17.1. The largest absolute Gasteiger partial charge is 0.425 e. The van der Waals surface area contributed by atoms with E-state index in [9.17, 15) is 26.4 Å². The van der Waals surface area contributed by atoms with Crippen molar-refractivity contribution in [2.45, 2.75) is 24.9 Å². The number of urea groups is 1. The number of anilines is 1. The molecule has 0 aliphatic rings. The quantitative estimate of drug-likeness (QED) is 0.277. The van der Waals surface area contributed by atoms with E-state index in [1.165, 1.54) is 18.2 Å². The second kappa shape index (κ2) is 11.7. The highest BCUT2D eigenvalue weighted by Gasteiger charge is 2.35. The van der Waals surface area contributed by atoms with Crippen LogP contribution in [0.3, 0.4) is 0 Å². The Morgan fingerprint density at radius 2 is 1.65 bits per heavy atom. The van der Waals surface area contributed by atoms with Crippen LogP contribution in [0.25, 0.3) is 0 Å². The van der Waals surface area contributed by atoms with Gasteiger partial charge in [-0.15, -0.1) is 0 Å². The van der Waals surface area contributed by atoms with Crippen molar-refractivity contribution in [1.82, 2.24) is 4.48 Å². The zero-order chi connectivity index (χ0) is 28.0. The van der Waals surface area contributed by atoms with Crippen LogP contribution in [0.1, 0.15) is 23.6 Å². The van der Waals surface area contributed by atoms with Crippen molar-refractivity contribution < 1.29 is 30.9 Å². The van der Waals surface area contributed by atoms with Gasteiger partial charge in [-0.05, 0) is 56.3 Å². The van der Waals surface area contributed by atoms with Crippen LogP contribution in [0.2, 0.25) is 5.02 Å². The third-order valence-electron chi connectivity index (χ3n) is 5.44. The van der Waals surface area contributed by atoms with Gasteiger partial charge in [-0.25, -0.2) is 9.28 Å². The van der Waals surface area contributed by atoms with Crippen LogP contribution >= 0.6 is 11.6 Å². The Labute approximate surface area is 218 Å². The molecule has 0 aliphatic heterocycles. The Morgan fingerprint density at radius 1 is 1.08 bits per heavy atom. The summed E-state index contributed by atoms with van der Waals surface area (Å²) in [5.41, 5.74) is 1.02. The van der Waals surface area contributed by atoms with E-state index in [0.717, 1.165) is 17.7 Å². The Balaban J connectivity index is 0.000000364. The van der Waals surface area contributed by atoms with Gasteiger partial charge in [0.1, 0.15) is 5.69 Å². The van der Waals surface area contributed by atoms with Crippen molar-refractivity contribution in [2.24, 2.45) is 0 Å². The van der Waals surface area contributed by atoms with Gasteiger partial charge in [0, 0.05) is 22.8 Å². The van der Waals surface area contributed by atoms with Crippen LogP contribution in [-0.2, 0) is 16.3 Å². The topological polar surface area (TPSA) is 107 Å². The number of quaternary nitrogens is 1. The number of nitriles is 1. The summed E-state index contributed by atoms with van der Waals surface area (Å²) in [4.78, 5) is 12.7. The van der Waals surface area contributed by atoms with E-state index < -0.39 is 27.9 Å². The van der Waals surface area contributed by atoms with E-state index >= 15 is 0 Å². The molecule has 0 saturated heterocycles. The number of carbonyl (C=O) groups is 1. The van der Waals surface area contributed by atoms with Crippen LogP contribution in [-0.4, -0.2) is 32.6 Å². The van der Waals surface area contributed by atoms with E-state index in [0.29, 0.717) is 17.8 Å². The molecule has 196 valence electrons. The molecule has 1 unspecified atom stereocenters. The fourth-order valence-electron chi connectivity index (χ4n) is 3.09. The fourth-order valence-corrected chi connectivity index (χ4v) is 3.81. The van der Waals surface area contributed by atoms with Crippen molar-refractivity contribution in [2.75, 3.05) is 18.9 Å². The van der Waals surface area contributed by atoms with Gasteiger partial charge in [0.25, 0.3) is 10.1 Å². The van der Waals surface area contributed by atoms with Crippen LogP contribution in [0, 0.1) is 18.3 Å². The number of nitrogens with zero attached hydrogens (tertiary/aromatic N) is 2. The number of amides is 2. The number of carbonyl (C=O) groups excluding carboxylic acids is 1. The number of rotatable bonds is 4. The average molecular weight is 555 g/mol. The third-order valence-corrected chi connectivity index (χ3v) is 6.53. The molecule has 0 aromatic heterocycles. The van der Waals surface area contributed by atoms with Crippen molar-refractivity contribution >= 4 is 39.1 Å². The van der Waals surface area contributed by atoms with Gasteiger partial charge in [0.15, 0.2) is 0 Å². The Kier molecular flexibility index (Phi) is 9.46. The molecule has 7 nitrogen and oxygen atoms in total. The summed E-state index contributed by atoms with van der Waals surface area (Å²) in [7, 11) is -2.39. The SMILES string of the molecule is CC[N+](C)(C(=O)Nc1cc(Cl)cc(C(F)(F)F)c1)c1ccc(C#N)cc1.Cc1ccc(S(=O)(=O)O)cc1. The summed E-state index contributed by atoms with van der Waals surface area (Å²) in [5.74, 6) is 0. The number of alkyl halides is 3. The maximum Gasteiger partial charge on any atom is 0.425 e. The molecular formula is C25H24ClF3N3O4S+. The fraction of sp³-hybridized carbons (Fsp3) is 0.200. The second-order valence-corrected chi connectivity index (χ2v) is 9.97. The lowest BCUT2D eigenvalue weighted by Crippen LogP contribution is -2.52. The van der Waals surface area contributed by atoms with E-state index in [2.05, 4.69) is 5.32 Å². The maximum atomic E-state index is 12.9. The number of aryl methyl sites for hydroxylation is 1. The zero-order valence-electron chi connectivity index (χ0n) is 20.0. The van der Waals surface area contributed by atoms with E-state index in [4.69, 9.17) is 21.4 Å². The number of halogens is 4. The van der Waals surface area contributed by atoms with Gasteiger partial charge in [-0.3, -0.25) is 9.87 Å². The van der Waals surface area contributed by atoms with Crippen molar-refractivity contribution in [3.8, 4) is 6.07 Å². The van der Waals surface area contributed by atoms with Crippen molar-refractivity contribution in [3.63, 3.8) is 0 Å². The highest BCUT2D eigenvalue weighted by atomic mass is 35.5. The van der Waals surface area contributed by atoms with Crippen LogP contribution in [0.5, 0.6) is 0 Å². The highest BCUT2D eigenvalue weighted by molar-refractivity contribution is 7.85. The van der Waals surface area contributed by atoms with Crippen LogP contribution < -0.4 is 9.80 Å². The summed E-state index contributed by atoms with van der Waals surface area (Å²) < 4.78 is 68.1. The Morgan fingerprint density at radius 3 is 2.11 bits per heavy atom. The van der Waals surface area contributed by atoms with Gasteiger partial charge in [0.05, 0.1) is 35.7 Å². The number of benzene rings is 3. The molecule has 2 N–H and O–H groups in total. The van der Waals surface area contributed by atoms with E-state index in [1.54, 1.807) is 50.4 Å². The predicted molar refractivity (Wildman–Crippen MR) is 136 cm³/mol. The van der Waals surface area contributed by atoms with E-state index in [1.807, 2.05) is 13.0 Å².